The predicted octanol–water partition coefficient (Wildman–Crippen LogP) is 2.46. The van der Waals surface area contributed by atoms with Crippen molar-refractivity contribution in [3.63, 3.8) is 0 Å². The molecule has 134 valence electrons. The quantitative estimate of drug-likeness (QED) is 0.626. The Morgan fingerprint density at radius 2 is 1.96 bits per heavy atom. The van der Waals surface area contributed by atoms with Crippen LogP contribution in [-0.4, -0.2) is 26.0 Å². The average molecular weight is 369 g/mol. The lowest BCUT2D eigenvalue weighted by Crippen LogP contribution is -2.28. The van der Waals surface area contributed by atoms with E-state index in [4.69, 9.17) is 0 Å². The summed E-state index contributed by atoms with van der Waals surface area (Å²) < 4.78 is 22.2. The number of rotatable bonds is 6. The number of aldehydes is 1. The highest BCUT2D eigenvalue weighted by Crippen LogP contribution is 2.32. The van der Waals surface area contributed by atoms with E-state index in [0.717, 1.165) is 41.2 Å². The summed E-state index contributed by atoms with van der Waals surface area (Å²) in [5.74, 6) is -0.689. The van der Waals surface area contributed by atoms with Crippen LogP contribution in [0.25, 0.3) is 0 Å². The van der Waals surface area contributed by atoms with Crippen molar-refractivity contribution in [3.05, 3.63) is 70.8 Å². The van der Waals surface area contributed by atoms with Crippen molar-refractivity contribution in [3.8, 4) is 0 Å². The second-order valence-electron chi connectivity index (χ2n) is 6.35. The summed E-state index contributed by atoms with van der Waals surface area (Å²) in [6.07, 6.45) is 2.46. The zero-order valence-corrected chi connectivity index (χ0v) is 14.9. The predicted molar refractivity (Wildman–Crippen MR) is 99.8 cm³/mol. The van der Waals surface area contributed by atoms with Crippen molar-refractivity contribution in [1.82, 2.24) is 5.32 Å². The minimum atomic E-state index is -2.34. The lowest BCUT2D eigenvalue weighted by Gasteiger charge is -2.17. The van der Waals surface area contributed by atoms with E-state index in [1.807, 2.05) is 42.5 Å². The summed E-state index contributed by atoms with van der Waals surface area (Å²) in [5, 5.41) is 4.16. The molecule has 1 unspecified atom stereocenters. The highest BCUT2D eigenvalue weighted by molar-refractivity contribution is 7.71. The van der Waals surface area contributed by atoms with Gasteiger partial charge in [-0.15, -0.1) is 0 Å². The van der Waals surface area contributed by atoms with Crippen molar-refractivity contribution in [2.45, 2.75) is 31.2 Å². The Kier molecular flexibility index (Phi) is 5.63. The van der Waals surface area contributed by atoms with Gasteiger partial charge in [-0.3, -0.25) is 9.59 Å². The molecule has 26 heavy (non-hydrogen) atoms. The summed E-state index contributed by atoms with van der Waals surface area (Å²) >= 11 is 0. The van der Waals surface area contributed by atoms with Gasteiger partial charge in [-0.1, -0.05) is 42.5 Å². The lowest BCUT2D eigenvalue weighted by atomic mass is 9.97. The maximum atomic E-state index is 12.5. The Morgan fingerprint density at radius 3 is 2.65 bits per heavy atom. The fourth-order valence-electron chi connectivity index (χ4n) is 3.39. The zero-order valence-electron chi connectivity index (χ0n) is 14.1. The van der Waals surface area contributed by atoms with Gasteiger partial charge in [0.2, 0.25) is 16.2 Å². The van der Waals surface area contributed by atoms with Crippen LogP contribution in [0.3, 0.4) is 0 Å². The molecule has 2 aromatic carbocycles. The Balaban J connectivity index is 1.72. The normalized spacial score (nSPS) is 16.4. The van der Waals surface area contributed by atoms with Gasteiger partial charge in [0.05, 0.1) is 6.04 Å². The van der Waals surface area contributed by atoms with Crippen molar-refractivity contribution in [2.75, 3.05) is 0 Å². The van der Waals surface area contributed by atoms with E-state index in [1.165, 1.54) is 0 Å². The summed E-state index contributed by atoms with van der Waals surface area (Å²) in [7, 11) is -2.34. The molecule has 1 N–H and O–H groups in total. The van der Waals surface area contributed by atoms with Gasteiger partial charge in [-0.25, -0.2) is 0 Å². The van der Waals surface area contributed by atoms with E-state index in [2.05, 4.69) is 5.32 Å². The number of nitrogens with one attached hydrogen (secondary N) is 1. The fraction of sp³-hybridized carbons (Fsp3) is 0.250. The monoisotopic (exact) mass is 369 g/mol. The second kappa shape index (κ2) is 8.10. The first kappa shape index (κ1) is 18.1. The van der Waals surface area contributed by atoms with Gasteiger partial charge < -0.3 is 5.32 Å². The Morgan fingerprint density at radius 1 is 1.19 bits per heavy atom. The Labute approximate surface area is 153 Å². The van der Waals surface area contributed by atoms with Gasteiger partial charge in [0.1, 0.15) is 6.29 Å². The van der Waals surface area contributed by atoms with Crippen LogP contribution in [0.5, 0.6) is 0 Å². The van der Waals surface area contributed by atoms with Crippen molar-refractivity contribution < 1.29 is 18.0 Å². The van der Waals surface area contributed by atoms with Crippen LogP contribution in [-0.2, 0) is 21.5 Å². The highest BCUT2D eigenvalue weighted by Gasteiger charge is 2.25. The number of aryl methyl sites for hydroxylation is 1. The average Bonchev–Trinajstić information content (AvgIpc) is 3.03. The molecule has 0 heterocycles. The number of carbonyl (C=O) groups is 2. The molecule has 3 rings (SSSR count). The molecule has 0 radical (unpaired) electrons. The number of amides is 1. The molecule has 0 bridgehead atoms. The fourth-order valence-corrected chi connectivity index (χ4v) is 3.91. The minimum Gasteiger partial charge on any atom is -0.349 e. The molecule has 2 aromatic rings. The van der Waals surface area contributed by atoms with E-state index < -0.39 is 16.2 Å². The summed E-state index contributed by atoms with van der Waals surface area (Å²) in [5.41, 5.74) is 3.52. The molecule has 0 fully saturated rings. The molecule has 6 heteroatoms. The van der Waals surface area contributed by atoms with E-state index in [0.29, 0.717) is 5.56 Å². The highest BCUT2D eigenvalue weighted by atomic mass is 32.2. The molecule has 0 saturated carbocycles. The van der Waals surface area contributed by atoms with Crippen LogP contribution in [0.1, 0.15) is 51.8 Å². The van der Waals surface area contributed by atoms with Gasteiger partial charge in [-0.2, -0.15) is 8.42 Å². The first-order valence-corrected chi connectivity index (χ1v) is 9.56. The number of hydrogen-bond donors (Lipinski definition) is 1. The smallest absolute Gasteiger partial charge is 0.221 e. The molecule has 2 atom stereocenters. The standard InChI is InChI=1S/C20H19NO4S/c22-12-14-6-8-18-16(10-14)7-9-19(18)21-20(23)11-17(13-26(24)25)15-4-2-1-3-5-15/h1-6,8,10,12-13,17,19H,7,9,11H2,(H,21,23)/t17?,19-/m1/s1. The van der Waals surface area contributed by atoms with Gasteiger partial charge in [0.25, 0.3) is 0 Å². The largest absolute Gasteiger partial charge is 0.349 e. The molecule has 1 amide bonds. The van der Waals surface area contributed by atoms with E-state index in [9.17, 15) is 18.0 Å². The summed E-state index contributed by atoms with van der Waals surface area (Å²) in [4.78, 5) is 23.4. The first-order chi connectivity index (χ1) is 12.6. The maximum absolute atomic E-state index is 12.5. The molecule has 0 aromatic heterocycles. The van der Waals surface area contributed by atoms with Crippen LogP contribution in [0.15, 0.2) is 48.5 Å². The van der Waals surface area contributed by atoms with Crippen molar-refractivity contribution in [1.29, 1.82) is 0 Å². The van der Waals surface area contributed by atoms with Gasteiger partial charge in [0, 0.05) is 23.3 Å². The number of benzene rings is 2. The molecule has 0 aliphatic heterocycles. The van der Waals surface area contributed by atoms with Gasteiger partial charge in [0.15, 0.2) is 0 Å². The van der Waals surface area contributed by atoms with Crippen molar-refractivity contribution >= 4 is 27.9 Å². The van der Waals surface area contributed by atoms with Crippen LogP contribution in [0.2, 0.25) is 0 Å². The van der Waals surface area contributed by atoms with Crippen molar-refractivity contribution in [2.24, 2.45) is 0 Å². The van der Waals surface area contributed by atoms with Crippen LogP contribution in [0, 0.1) is 0 Å². The first-order valence-electron chi connectivity index (χ1n) is 8.42. The Bertz CT molecular complexity index is 943. The van der Waals surface area contributed by atoms with Gasteiger partial charge >= 0.3 is 0 Å². The van der Waals surface area contributed by atoms with E-state index in [1.54, 1.807) is 6.07 Å². The topological polar surface area (TPSA) is 80.3 Å². The van der Waals surface area contributed by atoms with Crippen LogP contribution >= 0.6 is 0 Å². The third-order valence-corrected chi connectivity index (χ3v) is 5.18. The van der Waals surface area contributed by atoms with Gasteiger partial charge in [-0.05, 0) is 35.6 Å². The van der Waals surface area contributed by atoms with E-state index >= 15 is 0 Å². The maximum Gasteiger partial charge on any atom is 0.221 e. The second-order valence-corrected chi connectivity index (χ2v) is 7.15. The molecule has 1 aliphatic carbocycles. The molecular weight excluding hydrogens is 350 g/mol. The minimum absolute atomic E-state index is 0.0657. The third-order valence-electron chi connectivity index (χ3n) is 4.62. The summed E-state index contributed by atoms with van der Waals surface area (Å²) in [6.45, 7) is 0. The number of hydrogen-bond acceptors (Lipinski definition) is 4. The van der Waals surface area contributed by atoms with E-state index in [-0.39, 0.29) is 18.4 Å². The molecule has 5 nitrogen and oxygen atoms in total. The SMILES string of the molecule is O=Cc1ccc2c(c1)CC[C@H]2NC(=O)CC(C=S(=O)=O)c1ccccc1. The Hall–Kier alpha value is -2.73. The molecule has 0 saturated heterocycles. The number of fused-ring (bicyclic) bond motifs is 1. The summed E-state index contributed by atoms with van der Waals surface area (Å²) in [6, 6.07) is 14.5. The third kappa shape index (κ3) is 4.26. The zero-order chi connectivity index (χ0) is 18.5. The lowest BCUT2D eigenvalue weighted by molar-refractivity contribution is -0.121. The van der Waals surface area contributed by atoms with Crippen LogP contribution in [0.4, 0.5) is 0 Å². The molecule has 0 spiro atoms. The molecular formula is C20H19NO4S. The number of carbonyl (C=O) groups excluding carboxylic acids is 2. The van der Waals surface area contributed by atoms with Crippen LogP contribution < -0.4 is 5.32 Å². The molecule has 1 aliphatic rings.